The van der Waals surface area contributed by atoms with Gasteiger partial charge in [0.1, 0.15) is 0 Å². The quantitative estimate of drug-likeness (QED) is 0.724. The van der Waals surface area contributed by atoms with Crippen molar-refractivity contribution < 1.29 is 4.79 Å². The van der Waals surface area contributed by atoms with E-state index in [0.717, 1.165) is 18.3 Å². The second-order valence-electron chi connectivity index (χ2n) is 4.03. The van der Waals surface area contributed by atoms with E-state index in [9.17, 15) is 4.79 Å². The second-order valence-corrected chi connectivity index (χ2v) is 5.16. The fraction of sp³-hybridized carbons (Fsp3) is 0.909. The van der Waals surface area contributed by atoms with Gasteiger partial charge in [-0.25, -0.2) is 0 Å². The minimum Gasteiger partial charge on any atom is -0.356 e. The summed E-state index contributed by atoms with van der Waals surface area (Å²) in [5.41, 5.74) is 0. The Labute approximate surface area is 96.8 Å². The lowest BCUT2D eigenvalue weighted by molar-refractivity contribution is -0.120. The predicted octanol–water partition coefficient (Wildman–Crippen LogP) is 1.39. The Morgan fingerprint density at radius 1 is 1.47 bits per heavy atom. The largest absolute Gasteiger partial charge is 0.356 e. The van der Waals surface area contributed by atoms with E-state index in [2.05, 4.69) is 16.9 Å². The van der Waals surface area contributed by atoms with Gasteiger partial charge in [-0.2, -0.15) is 11.8 Å². The van der Waals surface area contributed by atoms with Crippen molar-refractivity contribution >= 4 is 17.7 Å². The highest BCUT2D eigenvalue weighted by Gasteiger charge is 2.23. The van der Waals surface area contributed by atoms with Gasteiger partial charge in [-0.1, -0.05) is 0 Å². The number of thioether (sulfide) groups is 1. The van der Waals surface area contributed by atoms with E-state index in [1.165, 1.54) is 19.3 Å². The molecule has 4 heteroatoms. The molecule has 2 atom stereocenters. The van der Waals surface area contributed by atoms with Gasteiger partial charge in [-0.05, 0) is 32.4 Å². The Morgan fingerprint density at radius 3 is 2.87 bits per heavy atom. The lowest BCUT2D eigenvalue weighted by Gasteiger charge is -2.12. The van der Waals surface area contributed by atoms with E-state index in [1.54, 1.807) is 0 Å². The van der Waals surface area contributed by atoms with Crippen LogP contribution in [0.5, 0.6) is 0 Å². The summed E-state index contributed by atoms with van der Waals surface area (Å²) in [4.78, 5) is 11.2. The lowest BCUT2D eigenvalue weighted by Crippen LogP contribution is -2.32. The topological polar surface area (TPSA) is 41.1 Å². The van der Waals surface area contributed by atoms with Gasteiger partial charge in [0.2, 0.25) is 5.91 Å². The molecule has 0 aromatic carbocycles. The number of amides is 1. The zero-order valence-corrected chi connectivity index (χ0v) is 10.5. The minimum absolute atomic E-state index is 0.157. The van der Waals surface area contributed by atoms with Crippen molar-refractivity contribution in [3.63, 3.8) is 0 Å². The van der Waals surface area contributed by atoms with Crippen LogP contribution in [0.1, 0.15) is 32.6 Å². The van der Waals surface area contributed by atoms with Crippen molar-refractivity contribution in [2.45, 2.75) is 43.9 Å². The first-order chi connectivity index (χ1) is 7.26. The van der Waals surface area contributed by atoms with Crippen LogP contribution in [0.3, 0.4) is 0 Å². The fourth-order valence-corrected chi connectivity index (χ4v) is 2.81. The van der Waals surface area contributed by atoms with E-state index in [-0.39, 0.29) is 5.91 Å². The third-order valence-electron chi connectivity index (χ3n) is 2.88. The van der Waals surface area contributed by atoms with E-state index in [0.29, 0.717) is 12.5 Å². The van der Waals surface area contributed by atoms with E-state index in [4.69, 9.17) is 0 Å². The molecule has 15 heavy (non-hydrogen) atoms. The molecule has 3 nitrogen and oxygen atoms in total. The van der Waals surface area contributed by atoms with Crippen molar-refractivity contribution in [1.82, 2.24) is 10.6 Å². The van der Waals surface area contributed by atoms with Crippen LogP contribution in [-0.4, -0.2) is 36.5 Å². The molecule has 0 aliphatic heterocycles. The van der Waals surface area contributed by atoms with Crippen molar-refractivity contribution in [3.05, 3.63) is 0 Å². The molecule has 1 saturated carbocycles. The summed E-state index contributed by atoms with van der Waals surface area (Å²) in [6.45, 7) is 3.50. The van der Waals surface area contributed by atoms with Gasteiger partial charge in [0.15, 0.2) is 0 Å². The van der Waals surface area contributed by atoms with E-state index < -0.39 is 0 Å². The Kier molecular flexibility index (Phi) is 6.10. The van der Waals surface area contributed by atoms with Gasteiger partial charge in [-0.3, -0.25) is 4.79 Å². The molecule has 1 amide bonds. The first-order valence-electron chi connectivity index (χ1n) is 5.79. The molecule has 0 aromatic heterocycles. The molecule has 0 radical (unpaired) electrons. The summed E-state index contributed by atoms with van der Waals surface area (Å²) >= 11 is 1.96. The van der Waals surface area contributed by atoms with Crippen LogP contribution in [-0.2, 0) is 4.79 Å². The predicted molar refractivity (Wildman–Crippen MR) is 66.2 cm³/mol. The van der Waals surface area contributed by atoms with Crippen LogP contribution in [0, 0.1) is 0 Å². The van der Waals surface area contributed by atoms with Gasteiger partial charge in [0, 0.05) is 30.8 Å². The van der Waals surface area contributed by atoms with Crippen LogP contribution < -0.4 is 10.6 Å². The SMILES string of the molecule is CCNC(=O)CCNC1CCC(SC)C1. The smallest absolute Gasteiger partial charge is 0.221 e. The number of rotatable bonds is 6. The van der Waals surface area contributed by atoms with E-state index in [1.807, 2.05) is 18.7 Å². The highest BCUT2D eigenvalue weighted by Crippen LogP contribution is 2.27. The third kappa shape index (κ3) is 4.89. The van der Waals surface area contributed by atoms with Gasteiger partial charge in [-0.15, -0.1) is 0 Å². The molecule has 0 aromatic rings. The molecule has 0 heterocycles. The molecular weight excluding hydrogens is 208 g/mol. The Bertz CT molecular complexity index is 199. The maximum atomic E-state index is 11.2. The normalized spacial score (nSPS) is 25.5. The molecule has 1 aliphatic carbocycles. The van der Waals surface area contributed by atoms with E-state index >= 15 is 0 Å². The molecule has 0 spiro atoms. The summed E-state index contributed by atoms with van der Waals surface area (Å²) in [5, 5.41) is 7.09. The highest BCUT2D eigenvalue weighted by molar-refractivity contribution is 7.99. The molecule has 2 unspecified atom stereocenters. The summed E-state index contributed by atoms with van der Waals surface area (Å²) in [6, 6.07) is 0.636. The van der Waals surface area contributed by atoms with Crippen molar-refractivity contribution in [2.24, 2.45) is 0 Å². The number of nitrogens with one attached hydrogen (secondary N) is 2. The van der Waals surface area contributed by atoms with Crippen molar-refractivity contribution in [2.75, 3.05) is 19.3 Å². The molecule has 2 N–H and O–H groups in total. The number of carbonyl (C=O) groups excluding carboxylic acids is 1. The maximum absolute atomic E-state index is 11.2. The summed E-state index contributed by atoms with van der Waals surface area (Å²) < 4.78 is 0. The first kappa shape index (κ1) is 12.8. The van der Waals surface area contributed by atoms with Gasteiger partial charge in [0.05, 0.1) is 0 Å². The summed E-state index contributed by atoms with van der Waals surface area (Å²) in [6.07, 6.45) is 6.63. The molecule has 0 saturated heterocycles. The van der Waals surface area contributed by atoms with Crippen LogP contribution in [0.15, 0.2) is 0 Å². The maximum Gasteiger partial charge on any atom is 0.221 e. The summed E-state index contributed by atoms with van der Waals surface area (Å²) in [5.74, 6) is 0.157. The van der Waals surface area contributed by atoms with Crippen molar-refractivity contribution in [1.29, 1.82) is 0 Å². The standard InChI is InChI=1S/C11H22N2OS/c1-3-12-11(14)6-7-13-9-4-5-10(8-9)15-2/h9-10,13H,3-8H2,1-2H3,(H,12,14). The van der Waals surface area contributed by atoms with Gasteiger partial charge < -0.3 is 10.6 Å². The third-order valence-corrected chi connectivity index (χ3v) is 3.97. The Morgan fingerprint density at radius 2 is 2.27 bits per heavy atom. The van der Waals surface area contributed by atoms with Crippen LogP contribution in [0.25, 0.3) is 0 Å². The van der Waals surface area contributed by atoms with Crippen LogP contribution in [0.4, 0.5) is 0 Å². The highest BCUT2D eigenvalue weighted by atomic mass is 32.2. The minimum atomic E-state index is 0.157. The average molecular weight is 230 g/mol. The number of carbonyl (C=O) groups is 1. The molecule has 1 aliphatic rings. The van der Waals surface area contributed by atoms with Crippen LogP contribution >= 0.6 is 11.8 Å². The molecule has 88 valence electrons. The van der Waals surface area contributed by atoms with Gasteiger partial charge >= 0.3 is 0 Å². The number of hydrogen-bond acceptors (Lipinski definition) is 3. The molecule has 0 bridgehead atoms. The molecule has 1 fully saturated rings. The number of hydrogen-bond donors (Lipinski definition) is 2. The van der Waals surface area contributed by atoms with Crippen LogP contribution in [0.2, 0.25) is 0 Å². The summed E-state index contributed by atoms with van der Waals surface area (Å²) in [7, 11) is 0. The van der Waals surface area contributed by atoms with Crippen molar-refractivity contribution in [3.8, 4) is 0 Å². The monoisotopic (exact) mass is 230 g/mol. The Balaban J connectivity index is 2.03. The fourth-order valence-electron chi connectivity index (χ4n) is 2.01. The Hall–Kier alpha value is -0.220. The first-order valence-corrected chi connectivity index (χ1v) is 7.08. The second kappa shape index (κ2) is 7.12. The lowest BCUT2D eigenvalue weighted by atomic mass is 10.2. The molecule has 1 rings (SSSR count). The zero-order valence-electron chi connectivity index (χ0n) is 9.71. The molecular formula is C11H22N2OS. The van der Waals surface area contributed by atoms with Gasteiger partial charge in [0.25, 0.3) is 0 Å². The zero-order chi connectivity index (χ0) is 11.1. The average Bonchev–Trinajstić information content (AvgIpc) is 2.66.